The molecule has 1 aromatic rings. The van der Waals surface area contributed by atoms with Crippen molar-refractivity contribution in [2.75, 3.05) is 13.2 Å². The van der Waals surface area contributed by atoms with Gasteiger partial charge in [-0.3, -0.25) is 0 Å². The van der Waals surface area contributed by atoms with Crippen molar-refractivity contribution >= 4 is 5.97 Å². The fraction of sp³-hybridized carbons (Fsp3) is 0.450. The number of rotatable bonds is 6. The Labute approximate surface area is 139 Å². The third-order valence-electron chi connectivity index (χ3n) is 4.12. The van der Waals surface area contributed by atoms with Gasteiger partial charge >= 0.3 is 5.97 Å². The molecule has 124 valence electrons. The molecule has 0 fully saturated rings. The first-order valence-electron chi connectivity index (χ1n) is 8.03. The standard InChI is InChI=1S/C20H26O3/c1-16(2)10-11-20(13-12-19(3,4)23-15-20)14-22-18(21)17-8-6-5-7-9-17/h5-9,12-13H,1,10-11,14-15H2,2-4H3. The number of carbonyl (C=O) groups excluding carboxylic acids is 1. The molecule has 1 unspecified atom stereocenters. The average Bonchev–Trinajstić information content (AvgIpc) is 2.54. The van der Waals surface area contributed by atoms with Crippen LogP contribution in [0.3, 0.4) is 0 Å². The van der Waals surface area contributed by atoms with Crippen LogP contribution in [-0.2, 0) is 9.47 Å². The first-order chi connectivity index (χ1) is 10.8. The lowest BCUT2D eigenvalue weighted by Gasteiger charge is -2.38. The molecule has 3 heteroatoms. The highest BCUT2D eigenvalue weighted by atomic mass is 16.5. The minimum absolute atomic E-state index is 0.268. The summed E-state index contributed by atoms with van der Waals surface area (Å²) in [4.78, 5) is 12.2. The molecule has 23 heavy (non-hydrogen) atoms. The SMILES string of the molecule is C=C(C)CCC1(COC(=O)c2ccccc2)C=CC(C)(C)OC1. The van der Waals surface area contributed by atoms with Crippen molar-refractivity contribution in [3.8, 4) is 0 Å². The monoisotopic (exact) mass is 314 g/mol. The van der Waals surface area contributed by atoms with E-state index in [0.717, 1.165) is 18.4 Å². The van der Waals surface area contributed by atoms with E-state index in [4.69, 9.17) is 9.47 Å². The van der Waals surface area contributed by atoms with Crippen LogP contribution in [0.2, 0.25) is 0 Å². The molecule has 2 rings (SSSR count). The fourth-order valence-electron chi connectivity index (χ4n) is 2.45. The summed E-state index contributed by atoms with van der Waals surface area (Å²) in [7, 11) is 0. The molecule has 0 bridgehead atoms. The second-order valence-corrected chi connectivity index (χ2v) is 6.99. The Hall–Kier alpha value is -1.87. The van der Waals surface area contributed by atoms with Gasteiger partial charge in [-0.25, -0.2) is 4.79 Å². The Balaban J connectivity index is 2.06. The molecule has 1 aromatic carbocycles. The average molecular weight is 314 g/mol. The molecule has 1 aliphatic heterocycles. The Bertz CT molecular complexity index is 586. The van der Waals surface area contributed by atoms with Crippen molar-refractivity contribution in [3.05, 3.63) is 60.2 Å². The third kappa shape index (κ3) is 5.07. The van der Waals surface area contributed by atoms with Gasteiger partial charge in [0, 0.05) is 5.41 Å². The van der Waals surface area contributed by atoms with E-state index in [0.29, 0.717) is 18.8 Å². The molecule has 0 aromatic heterocycles. The number of benzene rings is 1. The van der Waals surface area contributed by atoms with Gasteiger partial charge in [-0.15, -0.1) is 6.58 Å². The van der Waals surface area contributed by atoms with Gasteiger partial charge in [-0.05, 0) is 45.7 Å². The van der Waals surface area contributed by atoms with Gasteiger partial charge in [0.25, 0.3) is 0 Å². The third-order valence-corrected chi connectivity index (χ3v) is 4.12. The lowest BCUT2D eigenvalue weighted by atomic mass is 9.80. The predicted octanol–water partition coefficient (Wildman–Crippen LogP) is 4.55. The van der Waals surface area contributed by atoms with Gasteiger partial charge in [-0.2, -0.15) is 0 Å². The molecule has 3 nitrogen and oxygen atoms in total. The number of carbonyl (C=O) groups is 1. The van der Waals surface area contributed by atoms with Crippen LogP contribution in [0.15, 0.2) is 54.6 Å². The number of allylic oxidation sites excluding steroid dienone is 1. The quantitative estimate of drug-likeness (QED) is 0.571. The van der Waals surface area contributed by atoms with Crippen molar-refractivity contribution in [3.63, 3.8) is 0 Å². The van der Waals surface area contributed by atoms with Crippen molar-refractivity contribution in [2.45, 2.75) is 39.2 Å². The van der Waals surface area contributed by atoms with E-state index in [1.165, 1.54) is 0 Å². The molecule has 0 aliphatic carbocycles. The topological polar surface area (TPSA) is 35.5 Å². The summed E-state index contributed by atoms with van der Waals surface area (Å²) < 4.78 is 11.5. The van der Waals surface area contributed by atoms with E-state index in [-0.39, 0.29) is 17.0 Å². The van der Waals surface area contributed by atoms with Crippen molar-refractivity contribution in [1.82, 2.24) is 0 Å². The summed E-state index contributed by atoms with van der Waals surface area (Å²) >= 11 is 0. The van der Waals surface area contributed by atoms with E-state index in [1.807, 2.05) is 39.0 Å². The molecule has 0 radical (unpaired) electrons. The van der Waals surface area contributed by atoms with Gasteiger partial charge in [0.1, 0.15) is 6.61 Å². The van der Waals surface area contributed by atoms with Crippen LogP contribution in [-0.4, -0.2) is 24.8 Å². The van der Waals surface area contributed by atoms with Crippen LogP contribution < -0.4 is 0 Å². The zero-order valence-corrected chi connectivity index (χ0v) is 14.3. The summed E-state index contributed by atoms with van der Waals surface area (Å²) in [6.07, 6.45) is 5.96. The van der Waals surface area contributed by atoms with Crippen molar-refractivity contribution in [2.24, 2.45) is 5.41 Å². The van der Waals surface area contributed by atoms with Crippen molar-refractivity contribution < 1.29 is 14.3 Å². The zero-order valence-electron chi connectivity index (χ0n) is 14.3. The minimum Gasteiger partial charge on any atom is -0.461 e. The number of hydrogen-bond donors (Lipinski definition) is 0. The Kier molecular flexibility index (Phi) is 5.42. The van der Waals surface area contributed by atoms with E-state index in [1.54, 1.807) is 12.1 Å². The summed E-state index contributed by atoms with van der Waals surface area (Å²) in [6.45, 7) is 10.9. The summed E-state index contributed by atoms with van der Waals surface area (Å²) in [6, 6.07) is 9.07. The van der Waals surface area contributed by atoms with Crippen LogP contribution in [0.5, 0.6) is 0 Å². The summed E-state index contributed by atoms with van der Waals surface area (Å²) in [5.41, 5.74) is 1.15. The van der Waals surface area contributed by atoms with Crippen LogP contribution >= 0.6 is 0 Å². The van der Waals surface area contributed by atoms with Gasteiger partial charge in [0.05, 0.1) is 17.8 Å². The largest absolute Gasteiger partial charge is 0.461 e. The molecule has 0 N–H and O–H groups in total. The first-order valence-corrected chi connectivity index (χ1v) is 8.03. The molecule has 0 saturated carbocycles. The van der Waals surface area contributed by atoms with Crippen molar-refractivity contribution in [1.29, 1.82) is 0 Å². The molecule has 1 heterocycles. The molecular weight excluding hydrogens is 288 g/mol. The minimum atomic E-state index is -0.293. The molecule has 1 atom stereocenters. The fourth-order valence-corrected chi connectivity index (χ4v) is 2.45. The van der Waals surface area contributed by atoms with E-state index < -0.39 is 0 Å². The molecular formula is C20H26O3. The van der Waals surface area contributed by atoms with E-state index in [2.05, 4.69) is 18.7 Å². The van der Waals surface area contributed by atoms with Gasteiger partial charge in [0.15, 0.2) is 0 Å². The highest BCUT2D eigenvalue weighted by Gasteiger charge is 2.35. The molecule has 0 spiro atoms. The number of esters is 1. The number of hydrogen-bond acceptors (Lipinski definition) is 3. The maximum absolute atomic E-state index is 12.2. The van der Waals surface area contributed by atoms with Crippen LogP contribution in [0.25, 0.3) is 0 Å². The lowest BCUT2D eigenvalue weighted by Crippen LogP contribution is -2.40. The zero-order chi connectivity index (χ0) is 16.9. The van der Waals surface area contributed by atoms with E-state index in [9.17, 15) is 4.79 Å². The van der Waals surface area contributed by atoms with Crippen LogP contribution in [0.1, 0.15) is 44.0 Å². The Morgan fingerprint density at radius 1 is 1.26 bits per heavy atom. The second kappa shape index (κ2) is 7.14. The Morgan fingerprint density at radius 2 is 1.96 bits per heavy atom. The molecule has 0 amide bonds. The highest BCUT2D eigenvalue weighted by molar-refractivity contribution is 5.89. The van der Waals surface area contributed by atoms with Crippen LogP contribution in [0.4, 0.5) is 0 Å². The van der Waals surface area contributed by atoms with Gasteiger partial charge in [-0.1, -0.05) is 35.9 Å². The second-order valence-electron chi connectivity index (χ2n) is 6.99. The summed E-state index contributed by atoms with van der Waals surface area (Å²) in [5.74, 6) is -0.293. The van der Waals surface area contributed by atoms with Crippen LogP contribution in [0, 0.1) is 5.41 Å². The van der Waals surface area contributed by atoms with Gasteiger partial charge < -0.3 is 9.47 Å². The van der Waals surface area contributed by atoms with E-state index >= 15 is 0 Å². The van der Waals surface area contributed by atoms with Gasteiger partial charge in [0.2, 0.25) is 0 Å². The lowest BCUT2D eigenvalue weighted by molar-refractivity contribution is -0.0576. The highest BCUT2D eigenvalue weighted by Crippen LogP contribution is 2.35. The number of ether oxygens (including phenoxy) is 2. The maximum atomic E-state index is 12.2. The smallest absolute Gasteiger partial charge is 0.338 e. The maximum Gasteiger partial charge on any atom is 0.338 e. The summed E-state index contributed by atoms with van der Waals surface area (Å²) in [5, 5.41) is 0. The normalized spacial score (nSPS) is 22.6. The first kappa shape index (κ1) is 17.5. The Morgan fingerprint density at radius 3 is 2.52 bits per heavy atom. The molecule has 1 aliphatic rings. The molecule has 0 saturated heterocycles. The predicted molar refractivity (Wildman–Crippen MR) is 92.4 cm³/mol.